The minimum Gasteiger partial charge on any atom is -0.495 e. The summed E-state index contributed by atoms with van der Waals surface area (Å²) in [6.07, 6.45) is 0. The lowest BCUT2D eigenvalue weighted by molar-refractivity contribution is 0.402. The van der Waals surface area contributed by atoms with Gasteiger partial charge in [0.05, 0.1) is 7.11 Å². The van der Waals surface area contributed by atoms with Crippen LogP contribution in [0.4, 0.5) is 4.39 Å². The summed E-state index contributed by atoms with van der Waals surface area (Å²) in [6.45, 7) is 1.67. The number of rotatable bonds is 5. The van der Waals surface area contributed by atoms with Crippen LogP contribution in [0.3, 0.4) is 0 Å². The first-order valence-electron chi connectivity index (χ1n) is 6.45. The highest BCUT2D eigenvalue weighted by molar-refractivity contribution is 7.89. The van der Waals surface area contributed by atoms with E-state index in [4.69, 9.17) is 16.3 Å². The predicted octanol–water partition coefficient (Wildman–Crippen LogP) is 3.53. The third-order valence-electron chi connectivity index (χ3n) is 3.12. The normalized spacial score (nSPS) is 12.9. The van der Waals surface area contributed by atoms with Gasteiger partial charge in [0.15, 0.2) is 0 Å². The molecule has 2 aromatic rings. The van der Waals surface area contributed by atoms with Crippen LogP contribution in [0.5, 0.6) is 5.75 Å². The summed E-state index contributed by atoms with van der Waals surface area (Å²) < 4.78 is 45.5. The van der Waals surface area contributed by atoms with Gasteiger partial charge < -0.3 is 4.74 Å². The molecule has 0 amide bonds. The standard InChI is InChI=1S/C15H15ClFNO3S/c1-10(11-3-6-13(17)7-4-11)18-22(19,20)15-9-12(16)5-8-14(15)21-2/h3-10,18H,1-2H3/t10-/m1/s1. The van der Waals surface area contributed by atoms with Gasteiger partial charge in [-0.25, -0.2) is 17.5 Å². The van der Waals surface area contributed by atoms with E-state index in [0.717, 1.165) is 0 Å². The molecule has 2 rings (SSSR count). The molecular weight excluding hydrogens is 329 g/mol. The lowest BCUT2D eigenvalue weighted by atomic mass is 10.1. The summed E-state index contributed by atoms with van der Waals surface area (Å²) in [4.78, 5) is -0.0449. The predicted molar refractivity (Wildman–Crippen MR) is 83.1 cm³/mol. The summed E-state index contributed by atoms with van der Waals surface area (Å²) >= 11 is 5.86. The number of hydrogen-bond donors (Lipinski definition) is 1. The second-order valence-corrected chi connectivity index (χ2v) is 6.81. The SMILES string of the molecule is COc1ccc(Cl)cc1S(=O)(=O)N[C@H](C)c1ccc(F)cc1. The molecule has 2 aromatic carbocycles. The Hall–Kier alpha value is -1.63. The van der Waals surface area contributed by atoms with E-state index in [0.29, 0.717) is 5.56 Å². The van der Waals surface area contributed by atoms with Crippen LogP contribution in [0.15, 0.2) is 47.4 Å². The van der Waals surface area contributed by atoms with Gasteiger partial charge in [-0.2, -0.15) is 0 Å². The zero-order valence-electron chi connectivity index (χ0n) is 12.0. The monoisotopic (exact) mass is 343 g/mol. The Kier molecular flexibility index (Phi) is 5.05. The molecule has 0 saturated heterocycles. The van der Waals surface area contributed by atoms with E-state index in [1.807, 2.05) is 0 Å². The Bertz CT molecular complexity index is 763. The fourth-order valence-electron chi connectivity index (χ4n) is 1.98. The maximum atomic E-state index is 12.9. The van der Waals surface area contributed by atoms with Crippen molar-refractivity contribution in [2.24, 2.45) is 0 Å². The fraction of sp³-hybridized carbons (Fsp3) is 0.200. The lowest BCUT2D eigenvalue weighted by Crippen LogP contribution is -2.27. The van der Waals surface area contributed by atoms with Gasteiger partial charge in [0.25, 0.3) is 0 Å². The van der Waals surface area contributed by atoms with Gasteiger partial charge in [0.1, 0.15) is 16.5 Å². The van der Waals surface area contributed by atoms with Crippen LogP contribution in [0.1, 0.15) is 18.5 Å². The number of benzene rings is 2. The van der Waals surface area contributed by atoms with Crippen molar-refractivity contribution in [3.05, 3.63) is 58.9 Å². The van der Waals surface area contributed by atoms with Crippen molar-refractivity contribution in [3.63, 3.8) is 0 Å². The van der Waals surface area contributed by atoms with Crippen molar-refractivity contribution in [1.29, 1.82) is 0 Å². The van der Waals surface area contributed by atoms with Crippen LogP contribution in [0.25, 0.3) is 0 Å². The molecular formula is C15H15ClFNO3S. The quantitative estimate of drug-likeness (QED) is 0.903. The van der Waals surface area contributed by atoms with Crippen molar-refractivity contribution in [1.82, 2.24) is 4.72 Å². The molecule has 4 nitrogen and oxygen atoms in total. The molecule has 118 valence electrons. The third kappa shape index (κ3) is 3.76. The maximum Gasteiger partial charge on any atom is 0.244 e. The first-order valence-corrected chi connectivity index (χ1v) is 8.31. The molecule has 1 N–H and O–H groups in total. The van der Waals surface area contributed by atoms with Crippen LogP contribution in [-0.2, 0) is 10.0 Å². The summed E-state index contributed by atoms with van der Waals surface area (Å²) in [5.74, 6) is -0.182. The van der Waals surface area contributed by atoms with Gasteiger partial charge in [0, 0.05) is 11.1 Å². The second-order valence-electron chi connectivity index (χ2n) is 4.69. The van der Waals surface area contributed by atoms with Crippen molar-refractivity contribution >= 4 is 21.6 Å². The van der Waals surface area contributed by atoms with E-state index in [9.17, 15) is 12.8 Å². The highest BCUT2D eigenvalue weighted by Crippen LogP contribution is 2.28. The molecule has 0 unspecified atom stereocenters. The molecule has 7 heteroatoms. The molecule has 22 heavy (non-hydrogen) atoms. The Labute approximate surface area is 133 Å². The number of halogens is 2. The van der Waals surface area contributed by atoms with E-state index in [-0.39, 0.29) is 21.5 Å². The minimum atomic E-state index is -3.84. The Morgan fingerprint density at radius 3 is 2.41 bits per heavy atom. The molecule has 0 fully saturated rings. The van der Waals surface area contributed by atoms with Crippen LogP contribution < -0.4 is 9.46 Å². The second kappa shape index (κ2) is 6.64. The molecule has 0 radical (unpaired) electrons. The van der Waals surface area contributed by atoms with Crippen LogP contribution in [0.2, 0.25) is 5.02 Å². The minimum absolute atomic E-state index is 0.0449. The van der Waals surface area contributed by atoms with Gasteiger partial charge in [-0.3, -0.25) is 0 Å². The van der Waals surface area contributed by atoms with Crippen LogP contribution >= 0.6 is 11.6 Å². The largest absolute Gasteiger partial charge is 0.495 e. The number of ether oxygens (including phenoxy) is 1. The lowest BCUT2D eigenvalue weighted by Gasteiger charge is -2.16. The smallest absolute Gasteiger partial charge is 0.244 e. The van der Waals surface area contributed by atoms with E-state index in [2.05, 4.69) is 4.72 Å². The van der Waals surface area contributed by atoms with Crippen molar-refractivity contribution in [2.45, 2.75) is 17.9 Å². The highest BCUT2D eigenvalue weighted by Gasteiger charge is 2.22. The summed E-state index contributed by atoms with van der Waals surface area (Å²) in [5, 5.41) is 0.288. The Morgan fingerprint density at radius 2 is 1.82 bits per heavy atom. The molecule has 0 heterocycles. The Balaban J connectivity index is 2.31. The molecule has 0 bridgehead atoms. The molecule has 0 aliphatic rings. The first kappa shape index (κ1) is 16.7. The van der Waals surface area contributed by atoms with E-state index in [1.54, 1.807) is 13.0 Å². The zero-order chi connectivity index (χ0) is 16.3. The van der Waals surface area contributed by atoms with Crippen LogP contribution in [0, 0.1) is 5.82 Å². The molecule has 0 spiro atoms. The number of nitrogens with one attached hydrogen (secondary N) is 1. The van der Waals surface area contributed by atoms with Crippen molar-refractivity contribution < 1.29 is 17.5 Å². The fourth-order valence-corrected chi connectivity index (χ4v) is 3.64. The summed E-state index contributed by atoms with van der Waals surface area (Å²) in [6, 6.07) is 9.42. The van der Waals surface area contributed by atoms with Crippen molar-refractivity contribution in [3.8, 4) is 5.75 Å². The van der Waals surface area contributed by atoms with E-state index >= 15 is 0 Å². The Morgan fingerprint density at radius 1 is 1.18 bits per heavy atom. The van der Waals surface area contributed by atoms with E-state index in [1.165, 1.54) is 43.5 Å². The van der Waals surface area contributed by atoms with E-state index < -0.39 is 16.1 Å². The number of hydrogen-bond acceptors (Lipinski definition) is 3. The van der Waals surface area contributed by atoms with Gasteiger partial charge in [-0.15, -0.1) is 0 Å². The number of methoxy groups -OCH3 is 1. The summed E-state index contributed by atoms with van der Waals surface area (Å²) in [5.41, 5.74) is 0.644. The topological polar surface area (TPSA) is 55.4 Å². The molecule has 0 saturated carbocycles. The zero-order valence-corrected chi connectivity index (χ0v) is 13.6. The first-order chi connectivity index (χ1) is 10.3. The van der Waals surface area contributed by atoms with Gasteiger partial charge in [0.2, 0.25) is 10.0 Å². The number of sulfonamides is 1. The molecule has 1 atom stereocenters. The van der Waals surface area contributed by atoms with Crippen molar-refractivity contribution in [2.75, 3.05) is 7.11 Å². The highest BCUT2D eigenvalue weighted by atomic mass is 35.5. The van der Waals surface area contributed by atoms with Gasteiger partial charge >= 0.3 is 0 Å². The average molecular weight is 344 g/mol. The molecule has 0 aliphatic heterocycles. The molecule has 0 aromatic heterocycles. The van der Waals surface area contributed by atoms with Crippen LogP contribution in [-0.4, -0.2) is 15.5 Å². The maximum absolute atomic E-state index is 12.9. The van der Waals surface area contributed by atoms with Gasteiger partial charge in [-0.05, 0) is 42.8 Å². The summed E-state index contributed by atoms with van der Waals surface area (Å²) in [7, 11) is -2.46. The average Bonchev–Trinajstić information content (AvgIpc) is 2.47. The third-order valence-corrected chi connectivity index (χ3v) is 4.91. The van der Waals surface area contributed by atoms with Gasteiger partial charge in [-0.1, -0.05) is 23.7 Å². The molecule has 0 aliphatic carbocycles.